The van der Waals surface area contributed by atoms with Gasteiger partial charge in [-0.2, -0.15) is 0 Å². The second-order valence-corrected chi connectivity index (χ2v) is 3.30. The standard InChI is InChI=1S/C9H19NO/c1-4-5-6-9(8-11)7-10(2)3/h8-9H,4-7H2,1-3H3. The van der Waals surface area contributed by atoms with Gasteiger partial charge in [-0.05, 0) is 20.5 Å². The van der Waals surface area contributed by atoms with Gasteiger partial charge in [0.05, 0.1) is 0 Å². The normalized spacial score (nSPS) is 13.5. The van der Waals surface area contributed by atoms with Crippen molar-refractivity contribution in [2.24, 2.45) is 5.92 Å². The van der Waals surface area contributed by atoms with E-state index < -0.39 is 0 Å². The molecule has 0 heterocycles. The zero-order valence-electron chi connectivity index (χ0n) is 7.84. The van der Waals surface area contributed by atoms with Crippen LogP contribution in [0.25, 0.3) is 0 Å². The fourth-order valence-electron chi connectivity index (χ4n) is 1.14. The van der Waals surface area contributed by atoms with Crippen LogP contribution in [0.15, 0.2) is 0 Å². The van der Waals surface area contributed by atoms with Gasteiger partial charge in [-0.25, -0.2) is 0 Å². The van der Waals surface area contributed by atoms with E-state index in [0.717, 1.165) is 25.7 Å². The molecule has 0 aliphatic carbocycles. The van der Waals surface area contributed by atoms with Gasteiger partial charge in [0.2, 0.25) is 0 Å². The summed E-state index contributed by atoms with van der Waals surface area (Å²) >= 11 is 0. The molecule has 0 aromatic rings. The van der Waals surface area contributed by atoms with Crippen molar-refractivity contribution in [3.63, 3.8) is 0 Å². The van der Waals surface area contributed by atoms with Crippen molar-refractivity contribution >= 4 is 6.29 Å². The summed E-state index contributed by atoms with van der Waals surface area (Å²) in [6.07, 6.45) is 4.46. The molecule has 1 atom stereocenters. The van der Waals surface area contributed by atoms with Gasteiger partial charge in [-0.15, -0.1) is 0 Å². The van der Waals surface area contributed by atoms with E-state index in [0.29, 0.717) is 0 Å². The first-order chi connectivity index (χ1) is 5.20. The number of hydrogen-bond donors (Lipinski definition) is 0. The van der Waals surface area contributed by atoms with Gasteiger partial charge in [0, 0.05) is 12.5 Å². The van der Waals surface area contributed by atoms with Crippen LogP contribution in [-0.2, 0) is 4.79 Å². The second kappa shape index (κ2) is 6.35. The third kappa shape index (κ3) is 6.05. The summed E-state index contributed by atoms with van der Waals surface area (Å²) in [6, 6.07) is 0. The molecule has 0 aromatic carbocycles. The number of rotatable bonds is 6. The molecule has 2 nitrogen and oxygen atoms in total. The minimum Gasteiger partial charge on any atom is -0.309 e. The highest BCUT2D eigenvalue weighted by atomic mass is 16.1. The Morgan fingerprint density at radius 3 is 2.45 bits per heavy atom. The fraction of sp³-hybridized carbons (Fsp3) is 0.889. The molecule has 2 heteroatoms. The third-order valence-electron chi connectivity index (χ3n) is 1.72. The zero-order chi connectivity index (χ0) is 8.69. The first kappa shape index (κ1) is 10.6. The number of hydrogen-bond acceptors (Lipinski definition) is 2. The first-order valence-electron chi connectivity index (χ1n) is 4.30. The molecule has 0 aliphatic heterocycles. The number of nitrogens with zero attached hydrogens (tertiary/aromatic N) is 1. The minimum absolute atomic E-state index is 0.241. The van der Waals surface area contributed by atoms with E-state index in [2.05, 4.69) is 11.8 Å². The molecular formula is C9H19NO. The number of aldehydes is 1. The summed E-state index contributed by atoms with van der Waals surface area (Å²) < 4.78 is 0. The zero-order valence-corrected chi connectivity index (χ0v) is 7.84. The summed E-state index contributed by atoms with van der Waals surface area (Å²) in [7, 11) is 4.00. The molecule has 0 fully saturated rings. The van der Waals surface area contributed by atoms with E-state index in [4.69, 9.17) is 0 Å². The third-order valence-corrected chi connectivity index (χ3v) is 1.72. The topological polar surface area (TPSA) is 20.3 Å². The highest BCUT2D eigenvalue weighted by molar-refractivity contribution is 5.53. The average molecular weight is 157 g/mol. The van der Waals surface area contributed by atoms with E-state index in [1.165, 1.54) is 6.42 Å². The van der Waals surface area contributed by atoms with Crippen molar-refractivity contribution < 1.29 is 4.79 Å². The molecule has 11 heavy (non-hydrogen) atoms. The van der Waals surface area contributed by atoms with Crippen LogP contribution in [0.4, 0.5) is 0 Å². The monoisotopic (exact) mass is 157 g/mol. The Morgan fingerprint density at radius 2 is 2.09 bits per heavy atom. The lowest BCUT2D eigenvalue weighted by Gasteiger charge is -2.14. The maximum absolute atomic E-state index is 10.5. The lowest BCUT2D eigenvalue weighted by Crippen LogP contribution is -2.22. The van der Waals surface area contributed by atoms with E-state index in [-0.39, 0.29) is 5.92 Å². The molecule has 0 radical (unpaired) electrons. The molecule has 0 rings (SSSR count). The van der Waals surface area contributed by atoms with Crippen molar-refractivity contribution in [1.29, 1.82) is 0 Å². The van der Waals surface area contributed by atoms with Gasteiger partial charge in [-0.1, -0.05) is 19.8 Å². The lowest BCUT2D eigenvalue weighted by molar-refractivity contribution is -0.111. The van der Waals surface area contributed by atoms with Crippen LogP contribution in [0.2, 0.25) is 0 Å². The van der Waals surface area contributed by atoms with Crippen LogP contribution in [0.3, 0.4) is 0 Å². The quantitative estimate of drug-likeness (QED) is 0.545. The van der Waals surface area contributed by atoms with E-state index in [1.54, 1.807) is 0 Å². The van der Waals surface area contributed by atoms with Crippen molar-refractivity contribution in [2.45, 2.75) is 26.2 Å². The van der Waals surface area contributed by atoms with Gasteiger partial charge in [0.1, 0.15) is 6.29 Å². The Bertz CT molecular complexity index is 102. The Balaban J connectivity index is 3.49. The highest BCUT2D eigenvalue weighted by Crippen LogP contribution is 2.06. The number of unbranched alkanes of at least 4 members (excludes halogenated alkanes) is 1. The van der Waals surface area contributed by atoms with E-state index in [1.807, 2.05) is 14.1 Å². The van der Waals surface area contributed by atoms with Gasteiger partial charge in [-0.3, -0.25) is 0 Å². The minimum atomic E-state index is 0.241. The average Bonchev–Trinajstić information content (AvgIpc) is 1.97. The van der Waals surface area contributed by atoms with Crippen LogP contribution in [0.5, 0.6) is 0 Å². The van der Waals surface area contributed by atoms with Crippen molar-refractivity contribution in [3.05, 3.63) is 0 Å². The van der Waals surface area contributed by atoms with Crippen molar-refractivity contribution in [1.82, 2.24) is 4.90 Å². The van der Waals surface area contributed by atoms with E-state index >= 15 is 0 Å². The number of carbonyl (C=O) groups is 1. The summed E-state index contributed by atoms with van der Waals surface area (Å²) in [5, 5.41) is 0. The van der Waals surface area contributed by atoms with Crippen molar-refractivity contribution in [2.75, 3.05) is 20.6 Å². The van der Waals surface area contributed by atoms with Crippen molar-refractivity contribution in [3.8, 4) is 0 Å². The molecule has 0 amide bonds. The fourth-order valence-corrected chi connectivity index (χ4v) is 1.14. The molecule has 0 aromatic heterocycles. The van der Waals surface area contributed by atoms with Gasteiger partial charge >= 0.3 is 0 Å². The highest BCUT2D eigenvalue weighted by Gasteiger charge is 2.06. The molecule has 66 valence electrons. The SMILES string of the molecule is CCCCC(C=O)CN(C)C. The molecule has 0 spiro atoms. The first-order valence-corrected chi connectivity index (χ1v) is 4.30. The molecule has 0 bridgehead atoms. The van der Waals surface area contributed by atoms with Gasteiger partial charge in [0.15, 0.2) is 0 Å². The van der Waals surface area contributed by atoms with Gasteiger partial charge < -0.3 is 9.69 Å². The molecule has 0 aliphatic rings. The molecule has 0 saturated carbocycles. The number of carbonyl (C=O) groups excluding carboxylic acids is 1. The van der Waals surface area contributed by atoms with Gasteiger partial charge in [0.25, 0.3) is 0 Å². The van der Waals surface area contributed by atoms with Crippen LogP contribution < -0.4 is 0 Å². The maximum atomic E-state index is 10.5. The summed E-state index contributed by atoms with van der Waals surface area (Å²) in [6.45, 7) is 3.04. The Hall–Kier alpha value is -0.370. The van der Waals surface area contributed by atoms with E-state index in [9.17, 15) is 4.79 Å². The summed E-state index contributed by atoms with van der Waals surface area (Å²) in [5.41, 5.74) is 0. The molecular weight excluding hydrogens is 138 g/mol. The Labute approximate surface area is 69.6 Å². The van der Waals surface area contributed by atoms with Crippen LogP contribution in [0, 0.1) is 5.92 Å². The molecule has 1 unspecified atom stereocenters. The molecule has 0 saturated heterocycles. The Morgan fingerprint density at radius 1 is 1.45 bits per heavy atom. The van der Waals surface area contributed by atoms with Crippen LogP contribution in [0.1, 0.15) is 26.2 Å². The summed E-state index contributed by atoms with van der Waals surface area (Å²) in [4.78, 5) is 12.6. The molecule has 0 N–H and O–H groups in total. The second-order valence-electron chi connectivity index (χ2n) is 3.30. The maximum Gasteiger partial charge on any atom is 0.124 e. The van der Waals surface area contributed by atoms with Crippen LogP contribution >= 0.6 is 0 Å². The smallest absolute Gasteiger partial charge is 0.124 e. The predicted molar refractivity (Wildman–Crippen MR) is 47.6 cm³/mol. The lowest BCUT2D eigenvalue weighted by atomic mass is 10.0. The largest absolute Gasteiger partial charge is 0.309 e. The predicted octanol–water partition coefficient (Wildman–Crippen LogP) is 1.55. The van der Waals surface area contributed by atoms with Crippen LogP contribution in [-0.4, -0.2) is 31.8 Å². The summed E-state index contributed by atoms with van der Waals surface area (Å²) in [5.74, 6) is 0.241. The Kier molecular flexibility index (Phi) is 6.13.